The Morgan fingerprint density at radius 3 is 2.60 bits per heavy atom. The first kappa shape index (κ1) is 16.6. The van der Waals surface area contributed by atoms with Crippen LogP contribution in [0.1, 0.15) is 9.67 Å². The van der Waals surface area contributed by atoms with Gasteiger partial charge in [-0.2, -0.15) is 4.98 Å². The molecule has 4 heterocycles. The van der Waals surface area contributed by atoms with Crippen LogP contribution >= 0.6 is 34.9 Å². The molecule has 3 aromatic heterocycles. The lowest BCUT2D eigenvalue weighted by Crippen LogP contribution is -2.48. The molecule has 1 amide bonds. The van der Waals surface area contributed by atoms with Crippen molar-refractivity contribution in [1.29, 1.82) is 0 Å². The highest BCUT2D eigenvalue weighted by Gasteiger charge is 2.23. The third-order valence-corrected chi connectivity index (χ3v) is 6.21. The zero-order valence-electron chi connectivity index (χ0n) is 13.4. The lowest BCUT2D eigenvalue weighted by Gasteiger charge is -2.34. The normalized spacial score (nSPS) is 15.6. The molecule has 0 radical (unpaired) electrons. The number of piperazine rings is 1. The van der Waals surface area contributed by atoms with Gasteiger partial charge in [0.15, 0.2) is 5.82 Å². The Morgan fingerprint density at radius 2 is 1.92 bits per heavy atom. The molecule has 130 valence electrons. The fourth-order valence-corrected chi connectivity index (χ4v) is 4.37. The van der Waals surface area contributed by atoms with Gasteiger partial charge in [0.2, 0.25) is 4.77 Å². The van der Waals surface area contributed by atoms with Crippen molar-refractivity contribution >= 4 is 40.8 Å². The maximum absolute atomic E-state index is 12.4. The predicted octanol–water partition coefficient (Wildman–Crippen LogP) is 3.15. The number of carbonyl (C=O) groups is 1. The van der Waals surface area contributed by atoms with Gasteiger partial charge in [-0.1, -0.05) is 12.1 Å². The Morgan fingerprint density at radius 1 is 1.16 bits per heavy atom. The van der Waals surface area contributed by atoms with Crippen molar-refractivity contribution in [3.8, 4) is 10.7 Å². The number of nitrogens with one attached hydrogen (secondary N) is 1. The molecule has 3 aromatic rings. The maximum atomic E-state index is 12.4. The summed E-state index contributed by atoms with van der Waals surface area (Å²) in [7, 11) is 0. The van der Waals surface area contributed by atoms with Crippen LogP contribution in [0.3, 0.4) is 0 Å². The molecule has 0 atom stereocenters. The summed E-state index contributed by atoms with van der Waals surface area (Å²) in [6.07, 6.45) is 0. The van der Waals surface area contributed by atoms with Gasteiger partial charge in [0, 0.05) is 26.2 Å². The molecule has 0 spiro atoms. The first-order valence-electron chi connectivity index (χ1n) is 7.96. The van der Waals surface area contributed by atoms with Gasteiger partial charge in [0.25, 0.3) is 5.91 Å². The molecule has 1 aliphatic rings. The standard InChI is InChI=1S/C16H17N5OS3/c22-15(13-4-2-10-25-13)20-7-5-19(6-8-20)11-21-16(23)17-14(18-21)12-3-1-9-24-12/h1-4,9-10H,5-8,11H2,(H,17,18,23). The molecule has 0 saturated carbocycles. The fraction of sp³-hybridized carbons (Fsp3) is 0.312. The second kappa shape index (κ2) is 7.20. The van der Waals surface area contributed by atoms with Crippen molar-refractivity contribution in [1.82, 2.24) is 24.6 Å². The highest BCUT2D eigenvalue weighted by Crippen LogP contribution is 2.21. The number of hydrogen-bond donors (Lipinski definition) is 1. The first-order chi connectivity index (χ1) is 12.2. The van der Waals surface area contributed by atoms with Crippen LogP contribution in [0.2, 0.25) is 0 Å². The summed E-state index contributed by atoms with van der Waals surface area (Å²) in [4.78, 5) is 22.9. The van der Waals surface area contributed by atoms with E-state index in [2.05, 4.69) is 15.0 Å². The number of rotatable bonds is 4. The van der Waals surface area contributed by atoms with Crippen LogP contribution in [0.5, 0.6) is 0 Å². The smallest absolute Gasteiger partial charge is 0.264 e. The lowest BCUT2D eigenvalue weighted by atomic mass is 10.3. The summed E-state index contributed by atoms with van der Waals surface area (Å²) in [5, 5.41) is 7.24. The molecule has 0 bridgehead atoms. The van der Waals surface area contributed by atoms with Gasteiger partial charge in [-0.3, -0.25) is 14.8 Å². The number of thiophene rings is 2. The average molecular weight is 392 g/mol. The summed E-state index contributed by atoms with van der Waals surface area (Å²) in [5.74, 6) is 0.944. The number of aromatic nitrogens is 3. The number of H-pyrrole nitrogens is 1. The summed E-state index contributed by atoms with van der Waals surface area (Å²) >= 11 is 8.50. The Kier molecular flexibility index (Phi) is 4.80. The largest absolute Gasteiger partial charge is 0.335 e. The van der Waals surface area contributed by atoms with E-state index < -0.39 is 0 Å². The van der Waals surface area contributed by atoms with Crippen LogP contribution < -0.4 is 0 Å². The Hall–Kier alpha value is -1.81. The molecule has 0 unspecified atom stereocenters. The number of nitrogens with zero attached hydrogens (tertiary/aromatic N) is 4. The fourth-order valence-electron chi connectivity index (χ4n) is 2.82. The highest BCUT2D eigenvalue weighted by atomic mass is 32.1. The van der Waals surface area contributed by atoms with E-state index in [9.17, 15) is 4.79 Å². The third-order valence-electron chi connectivity index (χ3n) is 4.17. The van der Waals surface area contributed by atoms with E-state index in [1.807, 2.05) is 44.6 Å². The van der Waals surface area contributed by atoms with Gasteiger partial charge in [-0.25, -0.2) is 4.68 Å². The summed E-state index contributed by atoms with van der Waals surface area (Å²) in [6, 6.07) is 7.83. The number of carbonyl (C=O) groups excluding carboxylic acids is 1. The van der Waals surface area contributed by atoms with Gasteiger partial charge in [-0.15, -0.1) is 22.7 Å². The maximum Gasteiger partial charge on any atom is 0.264 e. The third kappa shape index (κ3) is 3.59. The van der Waals surface area contributed by atoms with Crippen molar-refractivity contribution in [2.75, 3.05) is 26.2 Å². The van der Waals surface area contributed by atoms with E-state index in [4.69, 9.17) is 12.2 Å². The number of amides is 1. The van der Waals surface area contributed by atoms with E-state index >= 15 is 0 Å². The minimum absolute atomic E-state index is 0.132. The molecule has 0 aliphatic carbocycles. The molecular weight excluding hydrogens is 374 g/mol. The summed E-state index contributed by atoms with van der Waals surface area (Å²) in [6.45, 7) is 3.78. The van der Waals surface area contributed by atoms with Crippen molar-refractivity contribution in [2.45, 2.75) is 6.67 Å². The molecule has 1 saturated heterocycles. The van der Waals surface area contributed by atoms with Crippen LogP contribution in [0.4, 0.5) is 0 Å². The second-order valence-electron chi connectivity index (χ2n) is 5.79. The van der Waals surface area contributed by atoms with Gasteiger partial charge in [0.1, 0.15) is 0 Å². The predicted molar refractivity (Wildman–Crippen MR) is 103 cm³/mol. The van der Waals surface area contributed by atoms with Gasteiger partial charge in [0.05, 0.1) is 16.4 Å². The molecule has 6 nitrogen and oxygen atoms in total. The van der Waals surface area contributed by atoms with Crippen LogP contribution in [0.15, 0.2) is 35.0 Å². The molecule has 25 heavy (non-hydrogen) atoms. The van der Waals surface area contributed by atoms with Crippen LogP contribution in [-0.4, -0.2) is 56.7 Å². The zero-order valence-corrected chi connectivity index (χ0v) is 15.9. The molecule has 4 rings (SSSR count). The average Bonchev–Trinajstić information content (AvgIpc) is 3.38. The van der Waals surface area contributed by atoms with Gasteiger partial charge in [-0.05, 0) is 35.1 Å². The first-order valence-corrected chi connectivity index (χ1v) is 10.1. The molecule has 1 aliphatic heterocycles. The SMILES string of the molecule is O=C(c1cccs1)N1CCN(Cn2[nH]c(-c3cccs3)nc2=S)CC1. The van der Waals surface area contributed by atoms with E-state index in [1.54, 1.807) is 11.3 Å². The summed E-state index contributed by atoms with van der Waals surface area (Å²) < 4.78 is 2.45. The second-order valence-corrected chi connectivity index (χ2v) is 8.05. The van der Waals surface area contributed by atoms with Gasteiger partial charge >= 0.3 is 0 Å². The van der Waals surface area contributed by atoms with E-state index in [0.717, 1.165) is 41.8 Å². The minimum atomic E-state index is 0.132. The van der Waals surface area contributed by atoms with Crippen molar-refractivity contribution in [3.05, 3.63) is 44.7 Å². The molecule has 1 N–H and O–H groups in total. The topological polar surface area (TPSA) is 57.2 Å². The zero-order chi connectivity index (χ0) is 17.2. The van der Waals surface area contributed by atoms with E-state index in [-0.39, 0.29) is 5.91 Å². The van der Waals surface area contributed by atoms with Gasteiger partial charge < -0.3 is 4.90 Å². The molecule has 9 heteroatoms. The monoisotopic (exact) mass is 391 g/mol. The molecular formula is C16H17N5OS3. The Bertz CT molecular complexity index is 889. The van der Waals surface area contributed by atoms with Crippen molar-refractivity contribution in [2.24, 2.45) is 0 Å². The van der Waals surface area contributed by atoms with Crippen molar-refractivity contribution < 1.29 is 4.79 Å². The molecule has 1 fully saturated rings. The van der Waals surface area contributed by atoms with Crippen LogP contribution in [0, 0.1) is 4.77 Å². The van der Waals surface area contributed by atoms with Crippen molar-refractivity contribution in [3.63, 3.8) is 0 Å². The van der Waals surface area contributed by atoms with Crippen LogP contribution in [0.25, 0.3) is 10.7 Å². The summed E-state index contributed by atoms with van der Waals surface area (Å²) in [5.41, 5.74) is 0. The van der Waals surface area contributed by atoms with E-state index in [0.29, 0.717) is 11.4 Å². The quantitative estimate of drug-likeness (QED) is 0.694. The number of hydrogen-bond acceptors (Lipinski definition) is 6. The lowest BCUT2D eigenvalue weighted by molar-refractivity contribution is 0.0590. The highest BCUT2D eigenvalue weighted by molar-refractivity contribution is 7.71. The molecule has 0 aromatic carbocycles. The minimum Gasteiger partial charge on any atom is -0.335 e. The Labute approximate surface area is 158 Å². The Balaban J connectivity index is 1.38. The van der Waals surface area contributed by atoms with Crippen LogP contribution in [-0.2, 0) is 6.67 Å². The van der Waals surface area contributed by atoms with E-state index in [1.165, 1.54) is 11.3 Å². The number of aromatic amines is 1.